The SMILES string of the molecule is CC(=O)Nc1c(C)cc(N=Nc2cc(C)c(N)cc2C)cc1C. The van der Waals surface area contributed by atoms with Gasteiger partial charge in [0.2, 0.25) is 5.91 Å². The molecule has 2 aromatic carbocycles. The summed E-state index contributed by atoms with van der Waals surface area (Å²) in [5.74, 6) is -0.0847. The van der Waals surface area contributed by atoms with Crippen LogP contribution in [0.1, 0.15) is 29.2 Å². The Morgan fingerprint density at radius 2 is 1.52 bits per heavy atom. The Bertz CT molecular complexity index is 771. The van der Waals surface area contributed by atoms with Crippen LogP contribution in [-0.4, -0.2) is 5.91 Å². The fourth-order valence-electron chi connectivity index (χ4n) is 2.41. The van der Waals surface area contributed by atoms with Gasteiger partial charge in [0.05, 0.1) is 11.4 Å². The number of nitrogens with zero attached hydrogens (tertiary/aromatic N) is 2. The highest BCUT2D eigenvalue weighted by Gasteiger charge is 2.07. The van der Waals surface area contributed by atoms with Crippen molar-refractivity contribution < 1.29 is 4.79 Å². The van der Waals surface area contributed by atoms with E-state index in [1.807, 2.05) is 52.0 Å². The monoisotopic (exact) mass is 310 g/mol. The Morgan fingerprint density at radius 1 is 0.913 bits per heavy atom. The number of rotatable bonds is 3. The van der Waals surface area contributed by atoms with E-state index < -0.39 is 0 Å². The second kappa shape index (κ2) is 6.60. The van der Waals surface area contributed by atoms with Gasteiger partial charge in [-0.25, -0.2) is 0 Å². The van der Waals surface area contributed by atoms with Crippen LogP contribution in [0.5, 0.6) is 0 Å². The van der Waals surface area contributed by atoms with E-state index in [1.165, 1.54) is 6.92 Å². The zero-order valence-corrected chi connectivity index (χ0v) is 14.2. The number of hydrogen-bond donors (Lipinski definition) is 2. The number of aryl methyl sites for hydroxylation is 4. The van der Waals surface area contributed by atoms with Crippen LogP contribution < -0.4 is 11.1 Å². The minimum absolute atomic E-state index is 0.0847. The second-order valence-corrected chi connectivity index (χ2v) is 5.83. The lowest BCUT2D eigenvalue weighted by molar-refractivity contribution is -0.114. The molecule has 0 spiro atoms. The molecule has 0 unspecified atom stereocenters. The number of nitrogens with one attached hydrogen (secondary N) is 1. The minimum atomic E-state index is -0.0847. The van der Waals surface area contributed by atoms with Gasteiger partial charge in [0, 0.05) is 18.3 Å². The van der Waals surface area contributed by atoms with E-state index in [4.69, 9.17) is 5.73 Å². The van der Waals surface area contributed by atoms with Gasteiger partial charge < -0.3 is 11.1 Å². The van der Waals surface area contributed by atoms with E-state index in [9.17, 15) is 4.79 Å². The fourth-order valence-corrected chi connectivity index (χ4v) is 2.41. The van der Waals surface area contributed by atoms with Gasteiger partial charge in [0.15, 0.2) is 0 Å². The number of azo groups is 1. The Balaban J connectivity index is 2.34. The predicted octanol–water partition coefficient (Wildman–Crippen LogP) is 4.88. The average Bonchev–Trinajstić information content (AvgIpc) is 2.45. The fraction of sp³-hybridized carbons (Fsp3) is 0.278. The van der Waals surface area contributed by atoms with E-state index in [-0.39, 0.29) is 5.91 Å². The standard InChI is InChI=1S/C18H22N4O/c1-10-9-17(11(2)8-16(10)19)22-21-15-6-12(3)18(13(4)7-15)20-14(5)23/h6-9H,19H2,1-5H3,(H,20,23). The molecule has 0 aromatic heterocycles. The maximum Gasteiger partial charge on any atom is 0.221 e. The van der Waals surface area contributed by atoms with Crippen molar-refractivity contribution in [1.82, 2.24) is 0 Å². The van der Waals surface area contributed by atoms with Crippen molar-refractivity contribution in [1.29, 1.82) is 0 Å². The molecule has 5 heteroatoms. The van der Waals surface area contributed by atoms with Crippen LogP contribution in [0.15, 0.2) is 34.5 Å². The van der Waals surface area contributed by atoms with E-state index in [2.05, 4.69) is 15.5 Å². The molecule has 1 amide bonds. The normalized spacial score (nSPS) is 11.0. The zero-order chi connectivity index (χ0) is 17.1. The van der Waals surface area contributed by atoms with Gasteiger partial charge in [-0.1, -0.05) is 0 Å². The van der Waals surface area contributed by atoms with Gasteiger partial charge in [-0.05, 0) is 74.2 Å². The molecular weight excluding hydrogens is 288 g/mol. The largest absolute Gasteiger partial charge is 0.399 e. The number of hydrogen-bond acceptors (Lipinski definition) is 4. The molecule has 120 valence electrons. The predicted molar refractivity (Wildman–Crippen MR) is 94.7 cm³/mol. The Kier molecular flexibility index (Phi) is 4.79. The molecule has 23 heavy (non-hydrogen) atoms. The van der Waals surface area contributed by atoms with Gasteiger partial charge in [-0.3, -0.25) is 4.79 Å². The first-order valence-corrected chi connectivity index (χ1v) is 7.45. The van der Waals surface area contributed by atoms with Crippen molar-refractivity contribution in [3.8, 4) is 0 Å². The Labute approximate surface area is 136 Å². The van der Waals surface area contributed by atoms with Crippen molar-refractivity contribution in [3.05, 3.63) is 46.5 Å². The van der Waals surface area contributed by atoms with Crippen LogP contribution in [0.2, 0.25) is 0 Å². The first kappa shape index (κ1) is 16.7. The highest BCUT2D eigenvalue weighted by Crippen LogP contribution is 2.30. The number of nitrogens with two attached hydrogens (primary N) is 1. The molecule has 0 saturated heterocycles. The Hall–Kier alpha value is -2.69. The first-order valence-electron chi connectivity index (χ1n) is 7.45. The van der Waals surface area contributed by atoms with Gasteiger partial charge in [0.1, 0.15) is 0 Å². The lowest BCUT2D eigenvalue weighted by atomic mass is 10.1. The second-order valence-electron chi connectivity index (χ2n) is 5.83. The quantitative estimate of drug-likeness (QED) is 0.626. The molecule has 5 nitrogen and oxygen atoms in total. The molecule has 0 heterocycles. The molecule has 2 rings (SSSR count). The van der Waals surface area contributed by atoms with Crippen molar-refractivity contribution in [2.75, 3.05) is 11.1 Å². The molecular formula is C18H22N4O. The number of nitrogen functional groups attached to an aromatic ring is 1. The third-order valence-corrected chi connectivity index (χ3v) is 3.68. The zero-order valence-electron chi connectivity index (χ0n) is 14.2. The summed E-state index contributed by atoms with van der Waals surface area (Å²) in [6.07, 6.45) is 0. The summed E-state index contributed by atoms with van der Waals surface area (Å²) >= 11 is 0. The van der Waals surface area contributed by atoms with Crippen LogP contribution in [0.3, 0.4) is 0 Å². The molecule has 3 N–H and O–H groups in total. The van der Waals surface area contributed by atoms with Crippen molar-refractivity contribution >= 4 is 28.7 Å². The molecule has 0 fully saturated rings. The van der Waals surface area contributed by atoms with Crippen LogP contribution in [-0.2, 0) is 4.79 Å². The minimum Gasteiger partial charge on any atom is -0.399 e. The van der Waals surface area contributed by atoms with Crippen molar-refractivity contribution in [2.45, 2.75) is 34.6 Å². The molecule has 0 radical (unpaired) electrons. The molecule has 0 aliphatic rings. The van der Waals surface area contributed by atoms with E-state index in [0.29, 0.717) is 0 Å². The van der Waals surface area contributed by atoms with E-state index in [0.717, 1.165) is 45.0 Å². The summed E-state index contributed by atoms with van der Waals surface area (Å²) in [6, 6.07) is 7.64. The summed E-state index contributed by atoms with van der Waals surface area (Å²) < 4.78 is 0. The summed E-state index contributed by atoms with van der Waals surface area (Å²) in [4.78, 5) is 11.2. The smallest absolute Gasteiger partial charge is 0.221 e. The molecule has 0 bridgehead atoms. The lowest BCUT2D eigenvalue weighted by Gasteiger charge is -2.11. The maximum atomic E-state index is 11.2. The van der Waals surface area contributed by atoms with Crippen LogP contribution in [0.4, 0.5) is 22.7 Å². The number of benzene rings is 2. The lowest BCUT2D eigenvalue weighted by Crippen LogP contribution is -2.08. The number of carbonyl (C=O) groups excluding carboxylic acids is 1. The van der Waals surface area contributed by atoms with Crippen LogP contribution in [0, 0.1) is 27.7 Å². The highest BCUT2D eigenvalue weighted by molar-refractivity contribution is 5.90. The van der Waals surface area contributed by atoms with Crippen molar-refractivity contribution in [2.24, 2.45) is 10.2 Å². The molecule has 2 aromatic rings. The first-order chi connectivity index (χ1) is 10.8. The van der Waals surface area contributed by atoms with Gasteiger partial charge in [-0.2, -0.15) is 10.2 Å². The summed E-state index contributed by atoms with van der Waals surface area (Å²) in [5.41, 5.74) is 12.9. The highest BCUT2D eigenvalue weighted by atomic mass is 16.1. The van der Waals surface area contributed by atoms with Gasteiger partial charge in [0.25, 0.3) is 0 Å². The molecule has 0 aliphatic heterocycles. The van der Waals surface area contributed by atoms with Crippen LogP contribution >= 0.6 is 0 Å². The van der Waals surface area contributed by atoms with Crippen LogP contribution in [0.25, 0.3) is 0 Å². The average molecular weight is 310 g/mol. The summed E-state index contributed by atoms with van der Waals surface area (Å²) in [7, 11) is 0. The van der Waals surface area contributed by atoms with Gasteiger partial charge >= 0.3 is 0 Å². The third kappa shape index (κ3) is 3.94. The topological polar surface area (TPSA) is 79.8 Å². The van der Waals surface area contributed by atoms with E-state index in [1.54, 1.807) is 0 Å². The number of carbonyl (C=O) groups is 1. The number of anilines is 2. The summed E-state index contributed by atoms with van der Waals surface area (Å²) in [6.45, 7) is 9.29. The van der Waals surface area contributed by atoms with Gasteiger partial charge in [-0.15, -0.1) is 0 Å². The third-order valence-electron chi connectivity index (χ3n) is 3.68. The van der Waals surface area contributed by atoms with Crippen molar-refractivity contribution in [3.63, 3.8) is 0 Å². The number of amides is 1. The molecule has 0 saturated carbocycles. The molecule has 0 atom stereocenters. The Morgan fingerprint density at radius 3 is 2.09 bits per heavy atom. The van der Waals surface area contributed by atoms with E-state index >= 15 is 0 Å². The maximum absolute atomic E-state index is 11.2. The summed E-state index contributed by atoms with van der Waals surface area (Å²) in [5, 5.41) is 11.5. The molecule has 0 aliphatic carbocycles.